The summed E-state index contributed by atoms with van der Waals surface area (Å²) >= 11 is 0. The first kappa shape index (κ1) is 17.3. The third kappa shape index (κ3) is 432. The Balaban J connectivity index is -0.000000105. The van der Waals surface area contributed by atoms with E-state index in [1.165, 1.54) is 0 Å². The molecule has 3 nitrogen and oxygen atoms in total. The van der Waals surface area contributed by atoms with E-state index in [0.29, 0.717) is 0 Å². The molecule has 0 aliphatic carbocycles. The van der Waals surface area contributed by atoms with Gasteiger partial charge >= 0.3 is 7.54 Å². The van der Waals surface area contributed by atoms with E-state index in [-0.39, 0.29) is 0 Å². The third-order valence-electron chi connectivity index (χ3n) is 0.408. The first-order valence-corrected chi connectivity index (χ1v) is 3.16. The number of hydrogen-bond donors (Lipinski definition) is 0. The highest BCUT2D eigenvalue weighted by molar-refractivity contribution is 6.33. The summed E-state index contributed by atoms with van der Waals surface area (Å²) in [5, 5.41) is 0. The second-order valence-corrected chi connectivity index (χ2v) is 1.17. The molecule has 0 aromatic rings. The Bertz CT molecular complexity index is 93.9. The molecule has 0 spiro atoms. The zero-order valence-corrected chi connectivity index (χ0v) is 7.14. The summed E-state index contributed by atoms with van der Waals surface area (Å²) in [6.45, 7) is 8.33. The molecule has 0 N–H and O–H groups in total. The van der Waals surface area contributed by atoms with Crippen LogP contribution < -0.4 is 0 Å². The second-order valence-electron chi connectivity index (χ2n) is 1.17. The number of halogens is 3. The minimum Gasteiger partial charge on any atom is -0.382 e. The first-order valence-electron chi connectivity index (χ1n) is 3.16. The van der Waals surface area contributed by atoms with Crippen molar-refractivity contribution in [1.29, 1.82) is 0 Å². The summed E-state index contributed by atoms with van der Waals surface area (Å²) in [4.78, 5) is 2.25. The van der Waals surface area contributed by atoms with Gasteiger partial charge in [0, 0.05) is 13.2 Å². The molecule has 0 unspecified atom stereocenters. The van der Waals surface area contributed by atoms with Crippen molar-refractivity contribution >= 4 is 14.3 Å². The van der Waals surface area contributed by atoms with Gasteiger partial charge in [0.2, 0.25) is 6.72 Å². The molecule has 0 bridgehead atoms. The van der Waals surface area contributed by atoms with Crippen LogP contribution in [0.15, 0.2) is 0 Å². The first-order chi connectivity index (χ1) is 5.56. The van der Waals surface area contributed by atoms with E-state index >= 15 is 0 Å². The van der Waals surface area contributed by atoms with E-state index in [0.717, 1.165) is 13.2 Å². The van der Waals surface area contributed by atoms with E-state index in [4.69, 9.17) is 10.3 Å². The molecule has 0 aromatic heterocycles. The van der Waals surface area contributed by atoms with Crippen LogP contribution in [0, 0.1) is 0 Å². The van der Waals surface area contributed by atoms with E-state index in [2.05, 4.69) is 11.5 Å². The second kappa shape index (κ2) is 22.5. The summed E-state index contributed by atoms with van der Waals surface area (Å²) in [7, 11) is -3.67. The lowest BCUT2D eigenvalue weighted by atomic mass is 10.5. The monoisotopic (exact) mass is 184 g/mol. The SMILES string of the molecule is C=[N+]=[N-].CCOCC.FB(F)F. The molecule has 0 atom stereocenters. The fourth-order valence-electron chi connectivity index (χ4n) is 0.204. The summed E-state index contributed by atoms with van der Waals surface area (Å²) in [6.07, 6.45) is 0. The Morgan fingerprint density at radius 3 is 1.50 bits per heavy atom. The fourth-order valence-corrected chi connectivity index (χ4v) is 0.204. The van der Waals surface area contributed by atoms with Gasteiger partial charge in [-0.3, -0.25) is 12.9 Å². The summed E-state index contributed by atoms with van der Waals surface area (Å²) in [5.41, 5.74) is 7.08. The summed E-state index contributed by atoms with van der Waals surface area (Å²) < 4.78 is 33.8. The van der Waals surface area contributed by atoms with Gasteiger partial charge in [-0.1, -0.05) is 0 Å². The minimum absolute atomic E-state index is 0.844. The average molecular weight is 184 g/mol. The molecule has 0 fully saturated rings. The van der Waals surface area contributed by atoms with Gasteiger partial charge in [0.05, 0.1) is 0 Å². The van der Waals surface area contributed by atoms with Crippen LogP contribution in [0.2, 0.25) is 0 Å². The van der Waals surface area contributed by atoms with Crippen LogP contribution in [-0.2, 0) is 4.74 Å². The van der Waals surface area contributed by atoms with E-state index in [1.807, 2.05) is 13.8 Å². The zero-order valence-electron chi connectivity index (χ0n) is 7.14. The molecule has 0 heterocycles. The Kier molecular flexibility index (Phi) is 32.4. The van der Waals surface area contributed by atoms with Crippen molar-refractivity contribution in [2.45, 2.75) is 13.8 Å². The minimum atomic E-state index is -3.67. The van der Waals surface area contributed by atoms with Gasteiger partial charge in [0.15, 0.2) is 0 Å². The number of ether oxygens (including phenoxy) is 1. The Hall–Kier alpha value is -0.805. The lowest BCUT2D eigenvalue weighted by molar-refractivity contribution is 0.0110. The van der Waals surface area contributed by atoms with Crippen molar-refractivity contribution in [3.8, 4) is 0 Å². The van der Waals surface area contributed by atoms with Crippen LogP contribution in [0.4, 0.5) is 12.9 Å². The van der Waals surface area contributed by atoms with Crippen molar-refractivity contribution < 1.29 is 22.5 Å². The maximum absolute atomic E-state index is 9.67. The molecule has 7 heteroatoms. The predicted molar refractivity (Wildman–Crippen MR) is 42.0 cm³/mol. The molecule has 0 rings (SSSR count). The van der Waals surface area contributed by atoms with Crippen LogP contribution in [-0.4, -0.2) is 32.3 Å². The largest absolute Gasteiger partial charge is 0.762 e. The number of rotatable bonds is 2. The summed E-state index contributed by atoms with van der Waals surface area (Å²) in [5.74, 6) is 0. The van der Waals surface area contributed by atoms with Gasteiger partial charge in [-0.15, -0.1) is 0 Å². The molecule has 0 saturated heterocycles. The molecule has 0 radical (unpaired) electrons. The quantitative estimate of drug-likeness (QED) is 0.279. The van der Waals surface area contributed by atoms with Crippen molar-refractivity contribution in [2.75, 3.05) is 13.2 Å². The van der Waals surface area contributed by atoms with Crippen molar-refractivity contribution in [3.63, 3.8) is 0 Å². The lowest BCUT2D eigenvalue weighted by Crippen LogP contribution is -1.84. The standard InChI is InChI=1S/C4H10O.CH2N2.BF3/c1-3-5-4-2;1-3-2;2-1(3)4/h3-4H2,1-2H3;1H2;. The van der Waals surface area contributed by atoms with Crippen molar-refractivity contribution in [1.82, 2.24) is 0 Å². The van der Waals surface area contributed by atoms with E-state index in [1.54, 1.807) is 0 Å². The molecule has 0 amide bonds. The maximum atomic E-state index is 9.67. The highest BCUT2D eigenvalue weighted by Gasteiger charge is 2.06. The van der Waals surface area contributed by atoms with Gasteiger partial charge in [-0.25, -0.2) is 0 Å². The highest BCUT2D eigenvalue weighted by Crippen LogP contribution is 1.80. The van der Waals surface area contributed by atoms with Crippen LogP contribution in [0.25, 0.3) is 5.53 Å². The lowest BCUT2D eigenvalue weighted by Gasteiger charge is -1.86. The zero-order chi connectivity index (χ0) is 10.4. The fraction of sp³-hybridized carbons (Fsp3) is 0.800. The van der Waals surface area contributed by atoms with Gasteiger partial charge < -0.3 is 10.3 Å². The summed E-state index contributed by atoms with van der Waals surface area (Å²) in [6, 6.07) is 0. The van der Waals surface area contributed by atoms with E-state index in [9.17, 15) is 12.9 Å². The Morgan fingerprint density at radius 1 is 1.33 bits per heavy atom. The van der Waals surface area contributed by atoms with Gasteiger partial charge in [-0.2, -0.15) is 4.79 Å². The van der Waals surface area contributed by atoms with E-state index < -0.39 is 7.54 Å². The van der Waals surface area contributed by atoms with Crippen LogP contribution in [0.1, 0.15) is 13.8 Å². The third-order valence-corrected chi connectivity index (χ3v) is 0.408. The molecule has 12 heavy (non-hydrogen) atoms. The van der Waals surface area contributed by atoms with Crippen LogP contribution in [0.3, 0.4) is 0 Å². The molecular weight excluding hydrogens is 172 g/mol. The molecule has 0 aromatic carbocycles. The van der Waals surface area contributed by atoms with Crippen LogP contribution in [0.5, 0.6) is 0 Å². The van der Waals surface area contributed by atoms with Crippen molar-refractivity contribution in [2.24, 2.45) is 0 Å². The Labute approximate surface area is 70.4 Å². The molecule has 72 valence electrons. The topological polar surface area (TPSA) is 45.6 Å². The predicted octanol–water partition coefficient (Wildman–Crippen LogP) is 1.84. The molecular formula is C5H12BF3N2O. The number of nitrogens with zero attached hydrogens (tertiary/aromatic N) is 2. The normalized spacial score (nSPS) is 6.42. The number of hydrogen-bond acceptors (Lipinski definition) is 1. The molecule has 0 saturated carbocycles. The smallest absolute Gasteiger partial charge is 0.382 e. The molecule has 0 aliphatic rings. The van der Waals surface area contributed by atoms with Gasteiger partial charge in [-0.05, 0) is 13.8 Å². The maximum Gasteiger partial charge on any atom is 0.762 e. The average Bonchev–Trinajstić information content (AvgIpc) is 1.89. The molecule has 0 aliphatic heterocycles. The van der Waals surface area contributed by atoms with Crippen LogP contribution >= 0.6 is 0 Å². The highest BCUT2D eigenvalue weighted by atomic mass is 19.4. The van der Waals surface area contributed by atoms with Crippen molar-refractivity contribution in [3.05, 3.63) is 5.53 Å². The van der Waals surface area contributed by atoms with Gasteiger partial charge in [0.25, 0.3) is 0 Å². The Morgan fingerprint density at radius 2 is 1.50 bits per heavy atom. The van der Waals surface area contributed by atoms with Gasteiger partial charge in [0.1, 0.15) is 0 Å².